The second-order valence-electron chi connectivity index (χ2n) is 4.44. The first-order valence-corrected chi connectivity index (χ1v) is 8.17. The Morgan fingerprint density at radius 2 is 1.86 bits per heavy atom. The zero-order chi connectivity index (χ0) is 15.4. The lowest BCUT2D eigenvalue weighted by atomic mass is 10.2. The van der Waals surface area contributed by atoms with Crippen molar-refractivity contribution in [2.75, 3.05) is 7.05 Å². The van der Waals surface area contributed by atoms with Gasteiger partial charge in [-0.25, -0.2) is 4.39 Å². The minimum absolute atomic E-state index is 0.131. The van der Waals surface area contributed by atoms with Gasteiger partial charge < -0.3 is 10.1 Å². The third kappa shape index (κ3) is 4.42. The average Bonchev–Trinajstić information content (AvgIpc) is 2.40. The zero-order valence-corrected chi connectivity index (χ0v) is 15.1. The largest absolute Gasteiger partial charge is 0.486 e. The van der Waals surface area contributed by atoms with Crippen LogP contribution in [0.1, 0.15) is 11.1 Å². The molecule has 2 aromatic rings. The van der Waals surface area contributed by atoms with Crippen molar-refractivity contribution in [1.82, 2.24) is 5.32 Å². The van der Waals surface area contributed by atoms with E-state index in [1.807, 2.05) is 19.2 Å². The predicted octanol–water partition coefficient (Wildman–Crippen LogP) is 5.30. The Kier molecular flexibility index (Phi) is 6.05. The number of hydrogen-bond donors (Lipinski definition) is 1. The molecule has 0 aliphatic carbocycles. The molecule has 0 aliphatic heterocycles. The van der Waals surface area contributed by atoms with E-state index in [4.69, 9.17) is 16.3 Å². The average molecular weight is 438 g/mol. The Labute approximate surface area is 144 Å². The molecule has 0 spiro atoms. The van der Waals surface area contributed by atoms with Crippen LogP contribution in [-0.2, 0) is 13.2 Å². The molecule has 112 valence electrons. The molecule has 2 nitrogen and oxygen atoms in total. The Bertz CT molecular complexity index is 629. The summed E-state index contributed by atoms with van der Waals surface area (Å²) in [6, 6.07) is 8.47. The maximum atomic E-state index is 13.7. The van der Waals surface area contributed by atoms with Gasteiger partial charge in [0.05, 0.1) is 8.95 Å². The summed E-state index contributed by atoms with van der Waals surface area (Å²) in [5.74, 6) is 0.269. The summed E-state index contributed by atoms with van der Waals surface area (Å²) in [5, 5.41) is 3.45. The molecule has 2 aromatic carbocycles. The van der Waals surface area contributed by atoms with Crippen LogP contribution in [0.2, 0.25) is 5.02 Å². The van der Waals surface area contributed by atoms with Gasteiger partial charge in [-0.2, -0.15) is 0 Å². The van der Waals surface area contributed by atoms with Crippen molar-refractivity contribution in [2.24, 2.45) is 0 Å². The fourth-order valence-electron chi connectivity index (χ4n) is 1.85. The number of ether oxygens (including phenoxy) is 1. The first-order chi connectivity index (χ1) is 10.0. The highest BCUT2D eigenvalue weighted by molar-refractivity contribution is 9.11. The van der Waals surface area contributed by atoms with E-state index in [9.17, 15) is 4.39 Å². The summed E-state index contributed by atoms with van der Waals surface area (Å²) in [5.41, 5.74) is 1.57. The van der Waals surface area contributed by atoms with Gasteiger partial charge in [0.2, 0.25) is 0 Å². The quantitative estimate of drug-likeness (QED) is 0.685. The van der Waals surface area contributed by atoms with Gasteiger partial charge in [-0.05, 0) is 68.7 Å². The van der Waals surface area contributed by atoms with Crippen LogP contribution in [-0.4, -0.2) is 7.05 Å². The lowest BCUT2D eigenvalue weighted by Gasteiger charge is -2.13. The monoisotopic (exact) mass is 435 g/mol. The fraction of sp³-hybridized carbons (Fsp3) is 0.200. The van der Waals surface area contributed by atoms with E-state index in [2.05, 4.69) is 37.2 Å². The SMILES string of the molecule is CNCc1cc(Br)c(OCc2ccc(Cl)cc2F)c(Br)c1. The fourth-order valence-corrected chi connectivity index (χ4v) is 3.51. The molecule has 6 heteroatoms. The lowest BCUT2D eigenvalue weighted by molar-refractivity contribution is 0.296. The van der Waals surface area contributed by atoms with Gasteiger partial charge >= 0.3 is 0 Å². The molecule has 0 atom stereocenters. The Balaban J connectivity index is 2.16. The van der Waals surface area contributed by atoms with E-state index in [1.54, 1.807) is 12.1 Å². The van der Waals surface area contributed by atoms with Gasteiger partial charge in [0, 0.05) is 17.1 Å². The molecule has 0 saturated carbocycles. The molecule has 0 heterocycles. The third-order valence-corrected chi connectivity index (χ3v) is 4.24. The van der Waals surface area contributed by atoms with Crippen molar-refractivity contribution in [3.63, 3.8) is 0 Å². The molecule has 0 unspecified atom stereocenters. The molecule has 0 aliphatic rings. The van der Waals surface area contributed by atoms with Gasteiger partial charge in [-0.1, -0.05) is 17.7 Å². The van der Waals surface area contributed by atoms with Crippen LogP contribution >= 0.6 is 43.5 Å². The van der Waals surface area contributed by atoms with E-state index in [0.29, 0.717) is 16.3 Å². The van der Waals surface area contributed by atoms with Crippen LogP contribution in [0.25, 0.3) is 0 Å². The van der Waals surface area contributed by atoms with E-state index in [0.717, 1.165) is 21.1 Å². The van der Waals surface area contributed by atoms with Gasteiger partial charge in [0.15, 0.2) is 0 Å². The molecular formula is C15H13Br2ClFNO. The van der Waals surface area contributed by atoms with E-state index in [-0.39, 0.29) is 12.4 Å². The van der Waals surface area contributed by atoms with Crippen molar-refractivity contribution in [1.29, 1.82) is 0 Å². The standard InChI is InChI=1S/C15H13Br2ClFNO/c1-20-7-9-4-12(16)15(13(17)5-9)21-8-10-2-3-11(18)6-14(10)19/h2-6,20H,7-8H2,1H3. The molecule has 0 radical (unpaired) electrons. The Hall–Kier alpha value is -0.620. The minimum Gasteiger partial charge on any atom is -0.486 e. The first-order valence-electron chi connectivity index (χ1n) is 6.20. The maximum absolute atomic E-state index is 13.7. The van der Waals surface area contributed by atoms with Crippen LogP contribution in [0.15, 0.2) is 39.3 Å². The Morgan fingerprint density at radius 3 is 2.43 bits per heavy atom. The van der Waals surface area contributed by atoms with Gasteiger partial charge in [0.1, 0.15) is 18.2 Å². The smallest absolute Gasteiger partial charge is 0.148 e. The summed E-state index contributed by atoms with van der Waals surface area (Å²) < 4.78 is 21.1. The van der Waals surface area contributed by atoms with Crippen molar-refractivity contribution in [3.05, 3.63) is 61.2 Å². The number of rotatable bonds is 5. The van der Waals surface area contributed by atoms with E-state index >= 15 is 0 Å². The molecule has 21 heavy (non-hydrogen) atoms. The third-order valence-electron chi connectivity index (χ3n) is 2.83. The molecule has 2 rings (SSSR count). The lowest BCUT2D eigenvalue weighted by Crippen LogP contribution is -2.06. The summed E-state index contributed by atoms with van der Waals surface area (Å²) in [4.78, 5) is 0. The summed E-state index contributed by atoms with van der Waals surface area (Å²) >= 11 is 12.7. The second kappa shape index (κ2) is 7.58. The molecule has 0 saturated heterocycles. The van der Waals surface area contributed by atoms with Crippen LogP contribution in [0, 0.1) is 5.82 Å². The van der Waals surface area contributed by atoms with E-state index < -0.39 is 0 Å². The molecule has 0 amide bonds. The van der Waals surface area contributed by atoms with Crippen molar-refractivity contribution < 1.29 is 9.13 Å². The normalized spacial score (nSPS) is 10.7. The maximum Gasteiger partial charge on any atom is 0.148 e. The highest BCUT2D eigenvalue weighted by Gasteiger charge is 2.11. The minimum atomic E-state index is -0.374. The topological polar surface area (TPSA) is 21.3 Å². The molecule has 0 bridgehead atoms. The number of hydrogen-bond acceptors (Lipinski definition) is 2. The summed E-state index contributed by atoms with van der Waals surface area (Å²) in [6.45, 7) is 0.884. The molecule has 0 aromatic heterocycles. The second-order valence-corrected chi connectivity index (χ2v) is 6.59. The number of benzene rings is 2. The molecule has 0 fully saturated rings. The van der Waals surface area contributed by atoms with Gasteiger partial charge in [-0.3, -0.25) is 0 Å². The summed E-state index contributed by atoms with van der Waals surface area (Å²) in [7, 11) is 1.88. The van der Waals surface area contributed by atoms with Crippen LogP contribution in [0.3, 0.4) is 0 Å². The summed E-state index contributed by atoms with van der Waals surface area (Å²) in [6.07, 6.45) is 0. The van der Waals surface area contributed by atoms with Crippen molar-refractivity contribution in [3.8, 4) is 5.75 Å². The molecular weight excluding hydrogens is 424 g/mol. The number of halogens is 4. The Morgan fingerprint density at radius 1 is 1.19 bits per heavy atom. The highest BCUT2D eigenvalue weighted by atomic mass is 79.9. The van der Waals surface area contributed by atoms with Crippen LogP contribution in [0.4, 0.5) is 4.39 Å². The van der Waals surface area contributed by atoms with Crippen LogP contribution < -0.4 is 10.1 Å². The van der Waals surface area contributed by atoms with Gasteiger partial charge in [0.25, 0.3) is 0 Å². The van der Waals surface area contributed by atoms with Crippen LogP contribution in [0.5, 0.6) is 5.75 Å². The zero-order valence-electron chi connectivity index (χ0n) is 11.2. The van der Waals surface area contributed by atoms with Gasteiger partial charge in [-0.15, -0.1) is 0 Å². The number of nitrogens with one attached hydrogen (secondary N) is 1. The van der Waals surface area contributed by atoms with Crippen molar-refractivity contribution in [2.45, 2.75) is 13.2 Å². The van der Waals surface area contributed by atoms with E-state index in [1.165, 1.54) is 6.07 Å². The predicted molar refractivity (Wildman–Crippen MR) is 90.3 cm³/mol. The first kappa shape index (κ1) is 16.7. The highest BCUT2D eigenvalue weighted by Crippen LogP contribution is 2.35. The van der Waals surface area contributed by atoms with Crippen molar-refractivity contribution >= 4 is 43.5 Å². The molecule has 1 N–H and O–H groups in total.